The first-order valence-corrected chi connectivity index (χ1v) is 8.01. The van der Waals surface area contributed by atoms with E-state index in [4.69, 9.17) is 9.47 Å². The van der Waals surface area contributed by atoms with E-state index in [9.17, 15) is 22.8 Å². The van der Waals surface area contributed by atoms with Crippen molar-refractivity contribution in [2.24, 2.45) is 5.92 Å². The minimum Gasteiger partial charge on any atom is -0.469 e. The molecule has 0 aromatic rings. The fourth-order valence-corrected chi connectivity index (χ4v) is 3.65. The van der Waals surface area contributed by atoms with Gasteiger partial charge >= 0.3 is 18.2 Å². The van der Waals surface area contributed by atoms with Crippen LogP contribution in [0.3, 0.4) is 0 Å². The minimum absolute atomic E-state index is 0.0644. The number of amides is 1. The van der Waals surface area contributed by atoms with Crippen molar-refractivity contribution in [3.63, 3.8) is 0 Å². The van der Waals surface area contributed by atoms with Gasteiger partial charge in [0, 0.05) is 19.1 Å². The Morgan fingerprint density at radius 1 is 1.12 bits per heavy atom. The van der Waals surface area contributed by atoms with Gasteiger partial charge in [-0.25, -0.2) is 4.79 Å². The van der Waals surface area contributed by atoms with Gasteiger partial charge in [0.15, 0.2) is 0 Å². The van der Waals surface area contributed by atoms with Gasteiger partial charge in [0.2, 0.25) is 0 Å². The molecular weight excluding hydrogens is 329 g/mol. The Kier molecular flexibility index (Phi) is 5.95. The molecule has 9 heteroatoms. The van der Waals surface area contributed by atoms with Crippen LogP contribution in [0.15, 0.2) is 0 Å². The molecule has 6 nitrogen and oxygen atoms in total. The van der Waals surface area contributed by atoms with Gasteiger partial charge in [0.25, 0.3) is 0 Å². The van der Waals surface area contributed by atoms with Crippen LogP contribution in [-0.4, -0.2) is 74.0 Å². The number of likely N-dealkylation sites (tertiary alicyclic amines) is 2. The molecule has 3 atom stereocenters. The van der Waals surface area contributed by atoms with Crippen LogP contribution >= 0.6 is 0 Å². The third kappa shape index (κ3) is 4.12. The van der Waals surface area contributed by atoms with E-state index >= 15 is 0 Å². The maximum atomic E-state index is 13.1. The first-order valence-electron chi connectivity index (χ1n) is 8.01. The number of esters is 1. The van der Waals surface area contributed by atoms with E-state index in [-0.39, 0.29) is 25.9 Å². The van der Waals surface area contributed by atoms with Crippen molar-refractivity contribution in [1.82, 2.24) is 9.80 Å². The lowest BCUT2D eigenvalue weighted by Gasteiger charge is -2.40. The van der Waals surface area contributed by atoms with Crippen LogP contribution in [0.5, 0.6) is 0 Å². The maximum Gasteiger partial charge on any atom is 0.409 e. The predicted molar refractivity (Wildman–Crippen MR) is 78.3 cm³/mol. The van der Waals surface area contributed by atoms with Crippen LogP contribution in [0.2, 0.25) is 0 Å². The summed E-state index contributed by atoms with van der Waals surface area (Å²) in [5, 5.41) is 0. The molecule has 2 saturated heterocycles. The van der Waals surface area contributed by atoms with Gasteiger partial charge in [0.1, 0.15) is 6.04 Å². The molecule has 0 spiro atoms. The molecule has 0 aliphatic carbocycles. The molecule has 0 bridgehead atoms. The summed E-state index contributed by atoms with van der Waals surface area (Å²) in [6, 6.07) is -1.99. The quantitative estimate of drug-likeness (QED) is 0.728. The molecule has 0 aromatic heterocycles. The Hall–Kier alpha value is -1.51. The molecule has 1 amide bonds. The Labute approximate surface area is 138 Å². The van der Waals surface area contributed by atoms with Crippen molar-refractivity contribution in [3.8, 4) is 0 Å². The number of carbonyl (C=O) groups is 2. The van der Waals surface area contributed by atoms with E-state index in [2.05, 4.69) is 0 Å². The summed E-state index contributed by atoms with van der Waals surface area (Å²) in [6.45, 7) is 0.674. The molecule has 2 heterocycles. The Bertz CT molecular complexity index is 472. The standard InChI is InChI=1S/C15H23F3N2O4/c1-23-13(21)10-5-7-20(14(22)24-2)11(8-10)9-19-6-3-4-12(19)15(16,17)18/h10-12H,3-9H2,1-2H3/t10?,11?,12-/m0/s1. The second-order valence-corrected chi connectivity index (χ2v) is 6.26. The SMILES string of the molecule is COC(=O)C1CCN(C(=O)OC)C(CN2CCC[C@H]2C(F)(F)F)C1. The highest BCUT2D eigenvalue weighted by Gasteiger charge is 2.47. The molecular formula is C15H23F3N2O4. The van der Waals surface area contributed by atoms with Crippen LogP contribution in [0.4, 0.5) is 18.0 Å². The van der Waals surface area contributed by atoms with E-state index in [0.717, 1.165) is 0 Å². The number of nitrogens with zero attached hydrogens (tertiary/aromatic N) is 2. The number of ether oxygens (including phenoxy) is 2. The van der Waals surface area contributed by atoms with E-state index in [0.29, 0.717) is 19.4 Å². The van der Waals surface area contributed by atoms with Gasteiger partial charge in [-0.1, -0.05) is 0 Å². The molecule has 24 heavy (non-hydrogen) atoms. The molecule has 0 N–H and O–H groups in total. The molecule has 2 aliphatic rings. The Morgan fingerprint density at radius 2 is 1.83 bits per heavy atom. The second kappa shape index (κ2) is 7.58. The zero-order chi connectivity index (χ0) is 17.9. The van der Waals surface area contributed by atoms with Crippen molar-refractivity contribution in [3.05, 3.63) is 0 Å². The largest absolute Gasteiger partial charge is 0.469 e. The summed E-state index contributed by atoms with van der Waals surface area (Å²) in [7, 11) is 2.52. The van der Waals surface area contributed by atoms with Crippen LogP contribution in [0.25, 0.3) is 0 Å². The van der Waals surface area contributed by atoms with Gasteiger partial charge in [0.05, 0.1) is 20.1 Å². The van der Waals surface area contributed by atoms with Gasteiger partial charge < -0.3 is 14.4 Å². The minimum atomic E-state index is -4.29. The van der Waals surface area contributed by atoms with Gasteiger partial charge in [-0.05, 0) is 32.2 Å². The van der Waals surface area contributed by atoms with Gasteiger partial charge in [-0.3, -0.25) is 9.69 Å². The average Bonchev–Trinajstić information content (AvgIpc) is 3.01. The molecule has 2 rings (SSSR count). The number of hydrogen-bond acceptors (Lipinski definition) is 5. The zero-order valence-electron chi connectivity index (χ0n) is 13.8. The Balaban J connectivity index is 2.11. The first-order chi connectivity index (χ1) is 11.3. The molecule has 0 saturated carbocycles. The highest BCUT2D eigenvalue weighted by molar-refractivity contribution is 5.73. The number of piperidine rings is 1. The molecule has 0 aromatic carbocycles. The summed E-state index contributed by atoms with van der Waals surface area (Å²) < 4.78 is 48.8. The summed E-state index contributed by atoms with van der Waals surface area (Å²) in [5.41, 5.74) is 0. The molecule has 2 fully saturated rings. The number of rotatable bonds is 3. The molecule has 0 radical (unpaired) electrons. The lowest BCUT2D eigenvalue weighted by atomic mass is 9.90. The lowest BCUT2D eigenvalue weighted by molar-refractivity contribution is -0.178. The van der Waals surface area contributed by atoms with Gasteiger partial charge in [-0.2, -0.15) is 13.2 Å². The topological polar surface area (TPSA) is 59.1 Å². The van der Waals surface area contributed by atoms with Crippen LogP contribution in [0.1, 0.15) is 25.7 Å². The van der Waals surface area contributed by atoms with E-state index < -0.39 is 36.2 Å². The molecule has 138 valence electrons. The van der Waals surface area contributed by atoms with Crippen molar-refractivity contribution >= 4 is 12.1 Å². The van der Waals surface area contributed by atoms with Crippen LogP contribution < -0.4 is 0 Å². The van der Waals surface area contributed by atoms with Crippen molar-refractivity contribution in [2.75, 3.05) is 33.9 Å². The summed E-state index contributed by atoms with van der Waals surface area (Å²) in [5.74, 6) is -0.800. The third-order valence-electron chi connectivity index (χ3n) is 4.85. The van der Waals surface area contributed by atoms with Crippen LogP contribution in [0, 0.1) is 5.92 Å². The fourth-order valence-electron chi connectivity index (χ4n) is 3.65. The number of methoxy groups -OCH3 is 2. The number of halogens is 3. The molecule has 2 unspecified atom stereocenters. The van der Waals surface area contributed by atoms with Gasteiger partial charge in [-0.15, -0.1) is 0 Å². The highest BCUT2D eigenvalue weighted by Crippen LogP contribution is 2.34. The number of alkyl halides is 3. The fraction of sp³-hybridized carbons (Fsp3) is 0.867. The van der Waals surface area contributed by atoms with E-state index in [1.54, 1.807) is 0 Å². The predicted octanol–water partition coefficient (Wildman–Crippen LogP) is 2.03. The summed E-state index contributed by atoms with van der Waals surface area (Å²) >= 11 is 0. The lowest BCUT2D eigenvalue weighted by Crippen LogP contribution is -2.54. The monoisotopic (exact) mass is 352 g/mol. The van der Waals surface area contributed by atoms with Crippen molar-refractivity contribution in [1.29, 1.82) is 0 Å². The van der Waals surface area contributed by atoms with E-state index in [1.165, 1.54) is 24.0 Å². The average molecular weight is 352 g/mol. The zero-order valence-corrected chi connectivity index (χ0v) is 13.8. The third-order valence-corrected chi connectivity index (χ3v) is 4.85. The summed E-state index contributed by atoms with van der Waals surface area (Å²) in [4.78, 5) is 26.5. The first kappa shape index (κ1) is 18.8. The van der Waals surface area contributed by atoms with Crippen molar-refractivity contribution in [2.45, 2.75) is 43.9 Å². The Morgan fingerprint density at radius 3 is 2.42 bits per heavy atom. The van der Waals surface area contributed by atoms with Crippen molar-refractivity contribution < 1.29 is 32.2 Å². The normalized spacial score (nSPS) is 28.7. The van der Waals surface area contributed by atoms with E-state index in [1.807, 2.05) is 0 Å². The number of carbonyl (C=O) groups excluding carboxylic acids is 2. The second-order valence-electron chi connectivity index (χ2n) is 6.26. The molecule has 2 aliphatic heterocycles. The number of hydrogen-bond donors (Lipinski definition) is 0. The smallest absolute Gasteiger partial charge is 0.409 e. The summed E-state index contributed by atoms with van der Waals surface area (Å²) in [6.07, 6.45) is -3.64. The highest BCUT2D eigenvalue weighted by atomic mass is 19.4. The van der Waals surface area contributed by atoms with Crippen LogP contribution in [-0.2, 0) is 14.3 Å². The maximum absolute atomic E-state index is 13.1.